The van der Waals surface area contributed by atoms with E-state index in [-0.39, 0.29) is 23.3 Å². The topological polar surface area (TPSA) is 92.5 Å². The molecule has 19 heavy (non-hydrogen) atoms. The summed E-state index contributed by atoms with van der Waals surface area (Å²) < 4.78 is 26.3. The molecule has 0 saturated carbocycles. The zero-order valence-corrected chi connectivity index (χ0v) is 11.1. The monoisotopic (exact) mass is 281 g/mol. The molecule has 1 saturated heterocycles. The van der Waals surface area contributed by atoms with Crippen LogP contribution in [0.5, 0.6) is 0 Å². The van der Waals surface area contributed by atoms with E-state index in [2.05, 4.69) is 5.32 Å². The number of amides is 1. The highest BCUT2D eigenvalue weighted by Gasteiger charge is 2.31. The van der Waals surface area contributed by atoms with Gasteiger partial charge in [-0.3, -0.25) is 4.79 Å². The van der Waals surface area contributed by atoms with Gasteiger partial charge in [0.2, 0.25) is 15.9 Å². The van der Waals surface area contributed by atoms with E-state index in [1.54, 1.807) is 12.1 Å². The minimum Gasteiger partial charge on any atom is -0.326 e. The van der Waals surface area contributed by atoms with Gasteiger partial charge >= 0.3 is 0 Å². The first-order valence-corrected chi connectivity index (χ1v) is 7.59. The molecule has 2 heterocycles. The van der Waals surface area contributed by atoms with Crippen LogP contribution in [0.15, 0.2) is 23.1 Å². The number of hydrogen-bond donors (Lipinski definition) is 2. The molecule has 2 aliphatic rings. The maximum absolute atomic E-state index is 12.4. The van der Waals surface area contributed by atoms with Crippen molar-refractivity contribution in [1.29, 1.82) is 0 Å². The van der Waals surface area contributed by atoms with Crippen molar-refractivity contribution in [2.24, 2.45) is 5.73 Å². The van der Waals surface area contributed by atoms with E-state index in [4.69, 9.17) is 5.73 Å². The number of fused-ring (bicyclic) bond motifs is 1. The Hall–Kier alpha value is -1.44. The molecule has 0 aromatic heterocycles. The molecule has 0 radical (unpaired) electrons. The van der Waals surface area contributed by atoms with Crippen molar-refractivity contribution < 1.29 is 13.2 Å². The number of nitrogens with two attached hydrogens (primary N) is 1. The number of nitrogens with one attached hydrogen (secondary N) is 1. The lowest BCUT2D eigenvalue weighted by molar-refractivity contribution is -0.115. The standard InChI is InChI=1S/C12H15N3O3S/c13-9-3-4-15(7-9)19(17,18)10-1-2-11-8(5-10)6-12(16)14-11/h1-2,5,9H,3-4,6-7,13H2,(H,14,16)/t9-/m0/s1. The van der Waals surface area contributed by atoms with Crippen molar-refractivity contribution in [2.75, 3.05) is 18.4 Å². The van der Waals surface area contributed by atoms with E-state index in [0.717, 1.165) is 5.56 Å². The number of carbonyl (C=O) groups is 1. The summed E-state index contributed by atoms with van der Waals surface area (Å²) in [5.74, 6) is -0.104. The molecule has 7 heteroatoms. The molecule has 3 rings (SSSR count). The lowest BCUT2D eigenvalue weighted by atomic mass is 10.2. The van der Waals surface area contributed by atoms with Crippen LogP contribution in [0, 0.1) is 0 Å². The van der Waals surface area contributed by atoms with Crippen LogP contribution in [0.25, 0.3) is 0 Å². The van der Waals surface area contributed by atoms with Crippen LogP contribution in [0.1, 0.15) is 12.0 Å². The number of carbonyl (C=O) groups excluding carboxylic acids is 1. The fourth-order valence-electron chi connectivity index (χ4n) is 2.49. The van der Waals surface area contributed by atoms with Crippen LogP contribution < -0.4 is 11.1 Å². The van der Waals surface area contributed by atoms with Crippen LogP contribution >= 0.6 is 0 Å². The molecule has 1 aromatic carbocycles. The highest BCUT2D eigenvalue weighted by molar-refractivity contribution is 7.89. The van der Waals surface area contributed by atoms with Crippen LogP contribution in [0.4, 0.5) is 5.69 Å². The number of benzene rings is 1. The third-order valence-electron chi connectivity index (χ3n) is 3.53. The Balaban J connectivity index is 1.94. The minimum absolute atomic E-state index is 0.0903. The highest BCUT2D eigenvalue weighted by Crippen LogP contribution is 2.28. The van der Waals surface area contributed by atoms with E-state index in [1.165, 1.54) is 10.4 Å². The highest BCUT2D eigenvalue weighted by atomic mass is 32.2. The molecule has 1 atom stereocenters. The van der Waals surface area contributed by atoms with Gasteiger partial charge in [0.05, 0.1) is 11.3 Å². The molecule has 3 N–H and O–H groups in total. The largest absolute Gasteiger partial charge is 0.326 e. The van der Waals surface area contributed by atoms with Crippen molar-refractivity contribution in [2.45, 2.75) is 23.8 Å². The van der Waals surface area contributed by atoms with E-state index in [9.17, 15) is 13.2 Å². The first-order chi connectivity index (χ1) is 8.96. The van der Waals surface area contributed by atoms with Gasteiger partial charge in [0.15, 0.2) is 0 Å². The first kappa shape index (κ1) is 12.6. The second-order valence-corrected chi connectivity index (χ2v) is 6.89. The molecule has 102 valence electrons. The maximum atomic E-state index is 12.4. The van der Waals surface area contributed by atoms with Gasteiger partial charge < -0.3 is 11.1 Å². The third kappa shape index (κ3) is 2.13. The van der Waals surface area contributed by atoms with Crippen LogP contribution in [0.2, 0.25) is 0 Å². The zero-order chi connectivity index (χ0) is 13.6. The van der Waals surface area contributed by atoms with E-state index >= 15 is 0 Å². The van der Waals surface area contributed by atoms with Gasteiger partial charge in [0, 0.05) is 24.8 Å². The number of sulfonamides is 1. The normalized spacial score (nSPS) is 23.4. The predicted octanol–water partition coefficient (Wildman–Crippen LogP) is -0.0971. The van der Waals surface area contributed by atoms with Crippen molar-refractivity contribution in [3.63, 3.8) is 0 Å². The Labute approximate surface area is 111 Å². The number of anilines is 1. The van der Waals surface area contributed by atoms with Gasteiger partial charge in [-0.05, 0) is 30.2 Å². The number of nitrogens with zero attached hydrogens (tertiary/aromatic N) is 1. The Morgan fingerprint density at radius 1 is 1.37 bits per heavy atom. The second-order valence-electron chi connectivity index (χ2n) is 4.96. The molecule has 2 aliphatic heterocycles. The van der Waals surface area contributed by atoms with Crippen molar-refractivity contribution in [1.82, 2.24) is 4.31 Å². The molecule has 0 aliphatic carbocycles. The van der Waals surface area contributed by atoms with E-state index in [1.807, 2.05) is 0 Å². The Bertz CT molecular complexity index is 642. The van der Waals surface area contributed by atoms with E-state index in [0.29, 0.717) is 25.2 Å². The molecular formula is C12H15N3O3S. The lowest BCUT2D eigenvalue weighted by Crippen LogP contribution is -2.32. The average molecular weight is 281 g/mol. The molecule has 1 amide bonds. The number of hydrogen-bond acceptors (Lipinski definition) is 4. The van der Waals surface area contributed by atoms with Gasteiger partial charge in [-0.15, -0.1) is 0 Å². The van der Waals surface area contributed by atoms with Crippen molar-refractivity contribution in [3.05, 3.63) is 23.8 Å². The van der Waals surface area contributed by atoms with E-state index < -0.39 is 10.0 Å². The maximum Gasteiger partial charge on any atom is 0.243 e. The Kier molecular flexibility index (Phi) is 2.84. The predicted molar refractivity (Wildman–Crippen MR) is 70.1 cm³/mol. The molecule has 0 spiro atoms. The minimum atomic E-state index is -3.50. The fraction of sp³-hybridized carbons (Fsp3) is 0.417. The lowest BCUT2D eigenvalue weighted by Gasteiger charge is -2.16. The summed E-state index contributed by atoms with van der Waals surface area (Å²) in [6.45, 7) is 0.814. The molecule has 1 aromatic rings. The molecule has 1 fully saturated rings. The molecule has 6 nitrogen and oxygen atoms in total. The summed E-state index contributed by atoms with van der Waals surface area (Å²) in [5, 5.41) is 2.69. The fourth-order valence-corrected chi connectivity index (χ4v) is 4.05. The van der Waals surface area contributed by atoms with Crippen LogP contribution in [-0.2, 0) is 21.2 Å². The van der Waals surface area contributed by atoms with Gasteiger partial charge in [0.1, 0.15) is 0 Å². The van der Waals surface area contributed by atoms with Crippen molar-refractivity contribution >= 4 is 21.6 Å². The van der Waals surface area contributed by atoms with Crippen molar-refractivity contribution in [3.8, 4) is 0 Å². The van der Waals surface area contributed by atoms with Gasteiger partial charge in [-0.25, -0.2) is 8.42 Å². The zero-order valence-electron chi connectivity index (χ0n) is 10.3. The smallest absolute Gasteiger partial charge is 0.243 e. The summed E-state index contributed by atoms with van der Waals surface area (Å²) >= 11 is 0. The van der Waals surface area contributed by atoms with Crippen LogP contribution in [0.3, 0.4) is 0 Å². The summed E-state index contributed by atoms with van der Waals surface area (Å²) in [7, 11) is -3.50. The number of rotatable bonds is 2. The van der Waals surface area contributed by atoms with Gasteiger partial charge in [-0.2, -0.15) is 4.31 Å². The third-order valence-corrected chi connectivity index (χ3v) is 5.39. The second kappa shape index (κ2) is 4.29. The quantitative estimate of drug-likeness (QED) is 0.792. The van der Waals surface area contributed by atoms with Gasteiger partial charge in [-0.1, -0.05) is 0 Å². The average Bonchev–Trinajstić information content (AvgIpc) is 2.93. The summed E-state index contributed by atoms with van der Waals surface area (Å²) in [6, 6.07) is 4.66. The summed E-state index contributed by atoms with van der Waals surface area (Å²) in [6.07, 6.45) is 0.919. The molecule has 0 unspecified atom stereocenters. The molecular weight excluding hydrogens is 266 g/mol. The first-order valence-electron chi connectivity index (χ1n) is 6.15. The summed E-state index contributed by atoms with van der Waals surface area (Å²) in [4.78, 5) is 11.5. The Morgan fingerprint density at radius 3 is 2.84 bits per heavy atom. The molecule has 0 bridgehead atoms. The summed E-state index contributed by atoms with van der Waals surface area (Å²) in [5.41, 5.74) is 7.17. The SMILES string of the molecule is N[C@H]1CCN(S(=O)(=O)c2ccc3c(c2)CC(=O)N3)C1. The van der Waals surface area contributed by atoms with Gasteiger partial charge in [0.25, 0.3) is 0 Å². The Morgan fingerprint density at radius 2 is 2.16 bits per heavy atom. The van der Waals surface area contributed by atoms with Crippen LogP contribution in [-0.4, -0.2) is 37.8 Å².